The highest BCUT2D eigenvalue weighted by atomic mass is 79.9. The van der Waals surface area contributed by atoms with E-state index < -0.39 is 11.7 Å². The molecule has 0 aliphatic rings. The molecule has 1 heterocycles. The Balaban J connectivity index is 2.44. The fourth-order valence-corrected chi connectivity index (χ4v) is 2.18. The average molecular weight is 348 g/mol. The van der Waals surface area contributed by atoms with E-state index in [2.05, 4.69) is 26.2 Å². The van der Waals surface area contributed by atoms with Gasteiger partial charge in [-0.1, -0.05) is 6.92 Å². The van der Waals surface area contributed by atoms with Crippen LogP contribution in [0.1, 0.15) is 18.9 Å². The van der Waals surface area contributed by atoms with Crippen molar-refractivity contribution in [2.75, 3.05) is 11.9 Å². The quantitative estimate of drug-likeness (QED) is 0.883. The van der Waals surface area contributed by atoms with Gasteiger partial charge in [-0.15, -0.1) is 0 Å². The molecule has 0 spiro atoms. The summed E-state index contributed by atoms with van der Waals surface area (Å²) in [5.41, 5.74) is -0.290. The van der Waals surface area contributed by atoms with E-state index in [1.165, 1.54) is 6.07 Å². The molecular formula is C13H13BrF3N3. The van der Waals surface area contributed by atoms with Crippen LogP contribution in [0.3, 0.4) is 0 Å². The van der Waals surface area contributed by atoms with Crippen molar-refractivity contribution in [1.29, 1.82) is 0 Å². The lowest BCUT2D eigenvalue weighted by molar-refractivity contribution is -0.137. The second-order valence-electron chi connectivity index (χ2n) is 4.21. The van der Waals surface area contributed by atoms with Crippen LogP contribution < -0.4 is 5.32 Å². The van der Waals surface area contributed by atoms with Crippen molar-refractivity contribution < 1.29 is 13.2 Å². The molecule has 0 atom stereocenters. The summed E-state index contributed by atoms with van der Waals surface area (Å²) in [7, 11) is 0. The predicted molar refractivity (Wildman–Crippen MR) is 75.0 cm³/mol. The molecule has 3 nitrogen and oxygen atoms in total. The summed E-state index contributed by atoms with van der Waals surface area (Å²) < 4.78 is 40.5. The number of benzene rings is 1. The maximum Gasteiger partial charge on any atom is 0.416 e. The molecule has 1 aromatic carbocycles. The monoisotopic (exact) mass is 347 g/mol. The number of aromatic nitrogens is 2. The molecule has 0 saturated heterocycles. The van der Waals surface area contributed by atoms with Crippen LogP contribution in [0.4, 0.5) is 19.1 Å². The fourth-order valence-electron chi connectivity index (χ4n) is 1.74. The molecule has 0 unspecified atom stereocenters. The molecule has 2 rings (SSSR count). The lowest BCUT2D eigenvalue weighted by Crippen LogP contribution is -2.09. The molecule has 0 radical (unpaired) electrons. The van der Waals surface area contributed by atoms with Crippen LogP contribution in [0.2, 0.25) is 0 Å². The zero-order chi connectivity index (χ0) is 14.8. The Hall–Kier alpha value is -1.50. The third-order valence-electron chi connectivity index (χ3n) is 2.71. The molecule has 20 heavy (non-hydrogen) atoms. The molecule has 0 aliphatic carbocycles. The molecule has 108 valence electrons. The van der Waals surface area contributed by atoms with E-state index in [1.807, 2.05) is 6.92 Å². The summed E-state index contributed by atoms with van der Waals surface area (Å²) in [4.78, 5) is 4.11. The van der Waals surface area contributed by atoms with Crippen molar-refractivity contribution in [3.8, 4) is 5.69 Å². The van der Waals surface area contributed by atoms with E-state index in [4.69, 9.17) is 0 Å². The molecule has 0 saturated carbocycles. The minimum atomic E-state index is -4.37. The summed E-state index contributed by atoms with van der Waals surface area (Å²) in [6.07, 6.45) is -0.299. The van der Waals surface area contributed by atoms with Gasteiger partial charge in [-0.2, -0.15) is 13.2 Å². The Morgan fingerprint density at radius 1 is 1.35 bits per heavy atom. The molecule has 7 heteroatoms. The minimum Gasteiger partial charge on any atom is -0.355 e. The lowest BCUT2D eigenvalue weighted by atomic mass is 10.2. The Kier molecular flexibility index (Phi) is 4.37. The first-order valence-corrected chi connectivity index (χ1v) is 6.87. The predicted octanol–water partition coefficient (Wildman–Crippen LogP) is 4.48. The molecular weight excluding hydrogens is 335 g/mol. The first kappa shape index (κ1) is 14.9. The number of nitrogens with zero attached hydrogens (tertiary/aromatic N) is 2. The summed E-state index contributed by atoms with van der Waals surface area (Å²) in [5, 5.41) is 3.08. The number of imidazole rings is 1. The Morgan fingerprint density at radius 3 is 2.75 bits per heavy atom. The maximum atomic E-state index is 12.8. The van der Waals surface area contributed by atoms with E-state index >= 15 is 0 Å². The fraction of sp³-hybridized carbons (Fsp3) is 0.308. The number of hydrogen-bond donors (Lipinski definition) is 1. The summed E-state index contributed by atoms with van der Waals surface area (Å²) in [5.74, 6) is 0.520. The molecule has 0 amide bonds. The van der Waals surface area contributed by atoms with Gasteiger partial charge < -0.3 is 5.32 Å². The Bertz CT molecular complexity index is 593. The van der Waals surface area contributed by atoms with Crippen molar-refractivity contribution in [3.05, 3.63) is 40.6 Å². The molecule has 2 aromatic rings. The third kappa shape index (κ3) is 3.15. The van der Waals surface area contributed by atoms with Gasteiger partial charge in [0.1, 0.15) is 0 Å². The van der Waals surface area contributed by atoms with Gasteiger partial charge in [0.15, 0.2) is 0 Å². The summed E-state index contributed by atoms with van der Waals surface area (Å²) in [6.45, 7) is 2.70. The van der Waals surface area contributed by atoms with E-state index in [9.17, 15) is 13.2 Å². The van der Waals surface area contributed by atoms with Crippen LogP contribution in [0.15, 0.2) is 35.1 Å². The highest BCUT2D eigenvalue weighted by molar-refractivity contribution is 9.10. The Labute approximate surface area is 123 Å². The van der Waals surface area contributed by atoms with Crippen LogP contribution in [-0.2, 0) is 6.18 Å². The zero-order valence-corrected chi connectivity index (χ0v) is 12.3. The maximum absolute atomic E-state index is 12.8. The van der Waals surface area contributed by atoms with Crippen molar-refractivity contribution in [2.45, 2.75) is 19.5 Å². The standard InChI is InChI=1S/C13H13BrF3N3/c1-2-5-18-12-19-6-7-20(12)11-8-9(13(15,16)17)3-4-10(11)14/h3-4,6-8H,2,5H2,1H3,(H,18,19). The van der Waals surface area contributed by atoms with Crippen LogP contribution in [0.25, 0.3) is 5.69 Å². The highest BCUT2D eigenvalue weighted by Gasteiger charge is 2.31. The van der Waals surface area contributed by atoms with Crippen LogP contribution >= 0.6 is 15.9 Å². The normalized spacial score (nSPS) is 11.7. The second-order valence-corrected chi connectivity index (χ2v) is 5.07. The van der Waals surface area contributed by atoms with Crippen molar-refractivity contribution in [1.82, 2.24) is 9.55 Å². The number of rotatable bonds is 4. The molecule has 0 bridgehead atoms. The van der Waals surface area contributed by atoms with Gasteiger partial charge in [-0.05, 0) is 40.5 Å². The third-order valence-corrected chi connectivity index (χ3v) is 3.38. The van der Waals surface area contributed by atoms with E-state index in [-0.39, 0.29) is 0 Å². The molecule has 0 aliphatic heterocycles. The van der Waals surface area contributed by atoms with Crippen molar-refractivity contribution in [2.24, 2.45) is 0 Å². The number of nitrogens with one attached hydrogen (secondary N) is 1. The van der Waals surface area contributed by atoms with E-state index in [0.717, 1.165) is 18.6 Å². The average Bonchev–Trinajstić information content (AvgIpc) is 2.83. The van der Waals surface area contributed by atoms with E-state index in [0.29, 0.717) is 22.7 Å². The van der Waals surface area contributed by atoms with Crippen LogP contribution in [-0.4, -0.2) is 16.1 Å². The van der Waals surface area contributed by atoms with Gasteiger partial charge in [0.25, 0.3) is 0 Å². The van der Waals surface area contributed by atoms with Gasteiger partial charge in [0, 0.05) is 23.4 Å². The SMILES string of the molecule is CCCNc1nccn1-c1cc(C(F)(F)F)ccc1Br. The van der Waals surface area contributed by atoms with Crippen molar-refractivity contribution >= 4 is 21.9 Å². The Morgan fingerprint density at radius 2 is 2.10 bits per heavy atom. The summed E-state index contributed by atoms with van der Waals surface area (Å²) in [6, 6.07) is 3.54. The number of hydrogen-bond acceptors (Lipinski definition) is 2. The topological polar surface area (TPSA) is 29.9 Å². The largest absolute Gasteiger partial charge is 0.416 e. The van der Waals surface area contributed by atoms with E-state index in [1.54, 1.807) is 17.0 Å². The first-order valence-electron chi connectivity index (χ1n) is 6.08. The second kappa shape index (κ2) is 5.87. The molecule has 1 aromatic heterocycles. The molecule has 0 fully saturated rings. The first-order chi connectivity index (χ1) is 9.43. The van der Waals surface area contributed by atoms with Crippen LogP contribution in [0.5, 0.6) is 0 Å². The highest BCUT2D eigenvalue weighted by Crippen LogP contribution is 2.33. The van der Waals surface area contributed by atoms with Crippen LogP contribution in [0, 0.1) is 0 Å². The zero-order valence-electron chi connectivity index (χ0n) is 10.7. The minimum absolute atomic E-state index is 0.399. The number of halogens is 4. The smallest absolute Gasteiger partial charge is 0.355 e. The van der Waals surface area contributed by atoms with Crippen molar-refractivity contribution in [3.63, 3.8) is 0 Å². The van der Waals surface area contributed by atoms with Gasteiger partial charge in [0.2, 0.25) is 5.95 Å². The summed E-state index contributed by atoms with van der Waals surface area (Å²) >= 11 is 3.28. The number of alkyl halides is 3. The lowest BCUT2D eigenvalue weighted by Gasteiger charge is -2.14. The van der Waals surface area contributed by atoms with Gasteiger partial charge in [-0.3, -0.25) is 4.57 Å². The van der Waals surface area contributed by atoms with Gasteiger partial charge in [0.05, 0.1) is 11.3 Å². The number of anilines is 1. The molecule has 1 N–H and O–H groups in total. The van der Waals surface area contributed by atoms with Gasteiger partial charge in [-0.25, -0.2) is 4.98 Å². The van der Waals surface area contributed by atoms with Gasteiger partial charge >= 0.3 is 6.18 Å².